The summed E-state index contributed by atoms with van der Waals surface area (Å²) < 4.78 is 5.27. The Bertz CT molecular complexity index is 756. The third kappa shape index (κ3) is 4.85. The fourth-order valence-electron chi connectivity index (χ4n) is 3.01. The SMILES string of the molecule is COc1cc(C(=O)O)ccc1CCNC(=O)C(c1ccccc1)C(C)C. The molecule has 0 aliphatic rings. The Balaban J connectivity index is 2.02. The van der Waals surface area contributed by atoms with Gasteiger partial charge in [-0.3, -0.25) is 4.79 Å². The van der Waals surface area contributed by atoms with Gasteiger partial charge in [-0.1, -0.05) is 50.2 Å². The number of amides is 1. The van der Waals surface area contributed by atoms with Crippen molar-refractivity contribution in [3.63, 3.8) is 0 Å². The van der Waals surface area contributed by atoms with Crippen molar-refractivity contribution < 1.29 is 19.4 Å². The number of nitrogens with one attached hydrogen (secondary N) is 1. The molecule has 0 spiro atoms. The fraction of sp³-hybridized carbons (Fsp3) is 0.333. The number of carbonyl (C=O) groups excluding carboxylic acids is 1. The lowest BCUT2D eigenvalue weighted by Gasteiger charge is -2.21. The van der Waals surface area contributed by atoms with Crippen LogP contribution in [0.3, 0.4) is 0 Å². The van der Waals surface area contributed by atoms with Crippen molar-refractivity contribution in [2.24, 2.45) is 5.92 Å². The van der Waals surface area contributed by atoms with Crippen molar-refractivity contribution in [3.8, 4) is 5.75 Å². The zero-order chi connectivity index (χ0) is 19.1. The third-order valence-corrected chi connectivity index (χ3v) is 4.34. The number of carboxylic acids is 1. The summed E-state index contributed by atoms with van der Waals surface area (Å²) in [5.41, 5.74) is 2.04. The Hall–Kier alpha value is -2.82. The molecule has 5 heteroatoms. The van der Waals surface area contributed by atoms with Crippen LogP contribution in [-0.4, -0.2) is 30.6 Å². The summed E-state index contributed by atoms with van der Waals surface area (Å²) in [7, 11) is 1.51. The van der Waals surface area contributed by atoms with Crippen LogP contribution in [-0.2, 0) is 11.2 Å². The van der Waals surface area contributed by atoms with E-state index >= 15 is 0 Å². The number of ether oxygens (including phenoxy) is 1. The van der Waals surface area contributed by atoms with E-state index in [0.717, 1.165) is 11.1 Å². The van der Waals surface area contributed by atoms with Gasteiger partial charge in [0.2, 0.25) is 5.91 Å². The molecule has 138 valence electrons. The van der Waals surface area contributed by atoms with Gasteiger partial charge in [0, 0.05) is 6.54 Å². The quantitative estimate of drug-likeness (QED) is 0.760. The molecule has 0 saturated heterocycles. The minimum atomic E-state index is -0.995. The van der Waals surface area contributed by atoms with Crippen LogP contribution >= 0.6 is 0 Å². The standard InChI is InChI=1S/C21H25NO4/c1-14(2)19(16-7-5-4-6-8-16)20(23)22-12-11-15-9-10-17(21(24)25)13-18(15)26-3/h4-10,13-14,19H,11-12H2,1-3H3,(H,22,23)(H,24,25). The molecule has 0 saturated carbocycles. The van der Waals surface area contributed by atoms with Crippen LogP contribution in [0.1, 0.15) is 41.3 Å². The van der Waals surface area contributed by atoms with Gasteiger partial charge in [-0.25, -0.2) is 4.79 Å². The van der Waals surface area contributed by atoms with Crippen LogP contribution in [0.4, 0.5) is 0 Å². The number of methoxy groups -OCH3 is 1. The highest BCUT2D eigenvalue weighted by Crippen LogP contribution is 2.25. The minimum Gasteiger partial charge on any atom is -0.496 e. The van der Waals surface area contributed by atoms with E-state index in [1.54, 1.807) is 12.1 Å². The second kappa shape index (κ2) is 9.04. The Morgan fingerprint density at radius 3 is 2.38 bits per heavy atom. The predicted octanol–water partition coefficient (Wildman–Crippen LogP) is 3.49. The summed E-state index contributed by atoms with van der Waals surface area (Å²) >= 11 is 0. The van der Waals surface area contributed by atoms with Crippen LogP contribution in [0.25, 0.3) is 0 Å². The highest BCUT2D eigenvalue weighted by Gasteiger charge is 2.23. The maximum atomic E-state index is 12.7. The van der Waals surface area contributed by atoms with Crippen molar-refractivity contribution in [1.29, 1.82) is 0 Å². The Labute approximate surface area is 154 Å². The number of carbonyl (C=O) groups is 2. The molecule has 0 aromatic heterocycles. The average molecular weight is 355 g/mol. The van der Waals surface area contributed by atoms with Crippen molar-refractivity contribution >= 4 is 11.9 Å². The molecule has 0 aliphatic carbocycles. The Morgan fingerprint density at radius 2 is 1.81 bits per heavy atom. The van der Waals surface area contributed by atoms with Crippen LogP contribution < -0.4 is 10.1 Å². The highest BCUT2D eigenvalue weighted by atomic mass is 16.5. The number of rotatable bonds is 8. The van der Waals surface area contributed by atoms with E-state index in [4.69, 9.17) is 9.84 Å². The van der Waals surface area contributed by atoms with Gasteiger partial charge in [-0.05, 0) is 35.6 Å². The molecule has 0 aliphatic heterocycles. The van der Waals surface area contributed by atoms with E-state index < -0.39 is 5.97 Å². The molecule has 1 amide bonds. The molecule has 0 bridgehead atoms. The molecular weight excluding hydrogens is 330 g/mol. The van der Waals surface area contributed by atoms with Gasteiger partial charge in [-0.15, -0.1) is 0 Å². The first-order chi connectivity index (χ1) is 12.4. The topological polar surface area (TPSA) is 75.6 Å². The maximum absolute atomic E-state index is 12.7. The molecule has 5 nitrogen and oxygen atoms in total. The van der Waals surface area contributed by atoms with Gasteiger partial charge in [0.1, 0.15) is 5.75 Å². The van der Waals surface area contributed by atoms with Crippen molar-refractivity contribution in [3.05, 3.63) is 65.2 Å². The molecule has 2 rings (SSSR count). The molecule has 0 radical (unpaired) electrons. The largest absolute Gasteiger partial charge is 0.496 e. The fourth-order valence-corrected chi connectivity index (χ4v) is 3.01. The van der Waals surface area contributed by atoms with Gasteiger partial charge in [0.25, 0.3) is 0 Å². The van der Waals surface area contributed by atoms with Crippen molar-refractivity contribution in [2.45, 2.75) is 26.2 Å². The van der Waals surface area contributed by atoms with E-state index in [1.165, 1.54) is 13.2 Å². The summed E-state index contributed by atoms with van der Waals surface area (Å²) in [5.74, 6) is -0.505. The van der Waals surface area contributed by atoms with E-state index in [9.17, 15) is 9.59 Å². The molecule has 1 atom stereocenters. The monoisotopic (exact) mass is 355 g/mol. The molecule has 26 heavy (non-hydrogen) atoms. The van der Waals surface area contributed by atoms with E-state index in [-0.39, 0.29) is 23.3 Å². The summed E-state index contributed by atoms with van der Waals surface area (Å²) in [4.78, 5) is 23.7. The first-order valence-corrected chi connectivity index (χ1v) is 8.67. The molecule has 2 aromatic rings. The number of hydrogen-bond acceptors (Lipinski definition) is 3. The number of hydrogen-bond donors (Lipinski definition) is 2. The van der Waals surface area contributed by atoms with Gasteiger partial charge in [0.15, 0.2) is 0 Å². The first kappa shape index (κ1) is 19.5. The summed E-state index contributed by atoms with van der Waals surface area (Å²) in [5, 5.41) is 12.0. The van der Waals surface area contributed by atoms with E-state index in [0.29, 0.717) is 18.7 Å². The van der Waals surface area contributed by atoms with Crippen molar-refractivity contribution in [2.75, 3.05) is 13.7 Å². The third-order valence-electron chi connectivity index (χ3n) is 4.34. The van der Waals surface area contributed by atoms with Crippen LogP contribution in [0, 0.1) is 5.92 Å². The number of carboxylic acid groups (broad SMARTS) is 1. The maximum Gasteiger partial charge on any atom is 0.335 e. The normalized spacial score (nSPS) is 11.8. The lowest BCUT2D eigenvalue weighted by Crippen LogP contribution is -2.33. The van der Waals surface area contributed by atoms with E-state index in [2.05, 4.69) is 5.32 Å². The summed E-state index contributed by atoms with van der Waals surface area (Å²) in [6.45, 7) is 4.52. The molecule has 1 unspecified atom stereocenters. The Kier molecular flexibility index (Phi) is 6.78. The second-order valence-electron chi connectivity index (χ2n) is 6.51. The molecule has 0 fully saturated rings. The summed E-state index contributed by atoms with van der Waals surface area (Å²) in [6.07, 6.45) is 0.564. The minimum absolute atomic E-state index is 0.00711. The molecule has 2 aromatic carbocycles. The lowest BCUT2D eigenvalue weighted by molar-refractivity contribution is -0.123. The van der Waals surface area contributed by atoms with Crippen LogP contribution in [0.5, 0.6) is 5.75 Å². The van der Waals surface area contributed by atoms with Crippen molar-refractivity contribution in [1.82, 2.24) is 5.32 Å². The van der Waals surface area contributed by atoms with E-state index in [1.807, 2.05) is 44.2 Å². The number of benzene rings is 2. The average Bonchev–Trinajstić information content (AvgIpc) is 2.62. The zero-order valence-electron chi connectivity index (χ0n) is 15.4. The summed E-state index contributed by atoms with van der Waals surface area (Å²) in [6, 6.07) is 14.5. The predicted molar refractivity (Wildman–Crippen MR) is 101 cm³/mol. The van der Waals surface area contributed by atoms with Crippen LogP contribution in [0.2, 0.25) is 0 Å². The van der Waals surface area contributed by atoms with Crippen LogP contribution in [0.15, 0.2) is 48.5 Å². The lowest BCUT2D eigenvalue weighted by atomic mass is 9.87. The van der Waals surface area contributed by atoms with Gasteiger partial charge < -0.3 is 15.2 Å². The highest BCUT2D eigenvalue weighted by molar-refractivity contribution is 5.88. The molecular formula is C21H25NO4. The Morgan fingerprint density at radius 1 is 1.12 bits per heavy atom. The van der Waals surface area contributed by atoms with Gasteiger partial charge in [0.05, 0.1) is 18.6 Å². The molecule has 0 heterocycles. The number of aromatic carboxylic acids is 1. The molecule has 2 N–H and O–H groups in total. The second-order valence-corrected chi connectivity index (χ2v) is 6.51. The van der Waals surface area contributed by atoms with Gasteiger partial charge in [-0.2, -0.15) is 0 Å². The zero-order valence-corrected chi connectivity index (χ0v) is 15.4. The first-order valence-electron chi connectivity index (χ1n) is 8.67. The smallest absolute Gasteiger partial charge is 0.335 e. The van der Waals surface area contributed by atoms with Gasteiger partial charge >= 0.3 is 5.97 Å².